The topological polar surface area (TPSA) is 104 Å². The van der Waals surface area contributed by atoms with E-state index in [1.54, 1.807) is 0 Å². The SMILES string of the molecule is C1CCC(CCC2CCCO2)OC1.C=C1CCCOC1.CC.CC.CCCC(C)CO.CCCCCCC(O)C1OC(CC(=O)CC2CCO[C@H]2C)CCC1C. The Bertz CT molecular complexity index is 878. The first-order chi connectivity index (χ1) is 27.2. The van der Waals surface area contributed by atoms with E-state index in [1.807, 2.05) is 27.7 Å². The van der Waals surface area contributed by atoms with Gasteiger partial charge in [0.15, 0.2) is 0 Å². The molecular formula is C48H94O8. The number of rotatable bonds is 16. The third-order valence-electron chi connectivity index (χ3n) is 11.4. The number of aliphatic hydroxyl groups excluding tert-OH is 2. The molecule has 5 fully saturated rings. The van der Waals surface area contributed by atoms with Crippen LogP contribution in [0, 0.1) is 17.8 Å². The molecule has 5 rings (SSSR count). The van der Waals surface area contributed by atoms with Crippen LogP contribution in [0.4, 0.5) is 0 Å². The molecule has 334 valence electrons. The lowest BCUT2D eigenvalue weighted by Crippen LogP contribution is -2.42. The van der Waals surface area contributed by atoms with Crippen molar-refractivity contribution in [3.63, 3.8) is 0 Å². The molecule has 8 heteroatoms. The predicted octanol–water partition coefficient (Wildman–Crippen LogP) is 11.6. The third kappa shape index (κ3) is 27.0. The molecule has 5 saturated heterocycles. The first kappa shape index (κ1) is 55.1. The molecule has 0 aromatic rings. The Balaban J connectivity index is 0.000000807. The van der Waals surface area contributed by atoms with Crippen molar-refractivity contribution in [3.05, 3.63) is 12.2 Å². The molecule has 2 N–H and O–H groups in total. The maximum atomic E-state index is 12.4. The molecule has 0 radical (unpaired) electrons. The zero-order valence-electron chi connectivity index (χ0n) is 38.3. The molecule has 0 spiro atoms. The number of aliphatic hydroxyl groups is 2. The standard InChI is InChI=1S/C21H38O4.C11H20O2.C6H10O.C6H14O.2C2H6/c1-4-5-6-7-8-20(23)21-15(2)9-10-19(25-21)14-18(22)13-17-11-12-24-16(17)3;1-2-8-12-10(4-1)6-7-11-5-3-9-13-11;1-6-3-2-4-7-5-6;1-3-4-6(2)5-7;2*1-2/h15-17,19-21,23H,4-14H2,1-3H3;10-11H,1-9H2;1-5H2;6-7H,3-5H2,1-2H3;2*1-2H3/t15?,16-,17?,19?,20?,21?;;;;;/m0...../s1. The van der Waals surface area contributed by atoms with E-state index >= 15 is 0 Å². The van der Waals surface area contributed by atoms with Gasteiger partial charge in [-0.1, -0.05) is 99.6 Å². The fraction of sp³-hybridized carbons (Fsp3) is 0.938. The van der Waals surface area contributed by atoms with E-state index in [1.165, 1.54) is 89.0 Å². The monoisotopic (exact) mass is 799 g/mol. The summed E-state index contributed by atoms with van der Waals surface area (Å²) in [5.74, 6) is 1.54. The maximum Gasteiger partial charge on any atom is 0.135 e. The molecule has 0 aromatic carbocycles. The molecule has 8 nitrogen and oxygen atoms in total. The van der Waals surface area contributed by atoms with E-state index in [-0.39, 0.29) is 24.1 Å². The summed E-state index contributed by atoms with van der Waals surface area (Å²) >= 11 is 0. The number of carbonyl (C=O) groups is 1. The van der Waals surface area contributed by atoms with E-state index in [2.05, 4.69) is 41.2 Å². The smallest absolute Gasteiger partial charge is 0.135 e. The second-order valence-corrected chi connectivity index (χ2v) is 16.4. The van der Waals surface area contributed by atoms with Gasteiger partial charge in [0.05, 0.1) is 43.2 Å². The third-order valence-corrected chi connectivity index (χ3v) is 11.4. The maximum absolute atomic E-state index is 12.4. The first-order valence-corrected chi connectivity index (χ1v) is 23.7. The summed E-state index contributed by atoms with van der Waals surface area (Å²) in [4.78, 5) is 12.4. The highest BCUT2D eigenvalue weighted by atomic mass is 16.5. The quantitative estimate of drug-likeness (QED) is 0.118. The lowest BCUT2D eigenvalue weighted by molar-refractivity contribution is -0.145. The van der Waals surface area contributed by atoms with Crippen LogP contribution in [0.15, 0.2) is 12.2 Å². The van der Waals surface area contributed by atoms with Crippen LogP contribution in [0.25, 0.3) is 0 Å². The van der Waals surface area contributed by atoms with Crippen molar-refractivity contribution in [2.75, 3.05) is 39.6 Å². The molecule has 5 aliphatic heterocycles. The van der Waals surface area contributed by atoms with Crippen molar-refractivity contribution >= 4 is 5.78 Å². The van der Waals surface area contributed by atoms with Gasteiger partial charge >= 0.3 is 0 Å². The Hall–Kier alpha value is -0.870. The summed E-state index contributed by atoms with van der Waals surface area (Å²) in [6.07, 6.45) is 23.8. The molecule has 5 heterocycles. The number of carbonyl (C=O) groups excluding carboxylic acids is 1. The number of Topliss-reactive ketones (excluding diaryl/α,β-unsaturated/α-hetero) is 1. The molecule has 0 amide bonds. The highest BCUT2D eigenvalue weighted by Gasteiger charge is 2.35. The highest BCUT2D eigenvalue weighted by Crippen LogP contribution is 2.32. The van der Waals surface area contributed by atoms with Crippen LogP contribution < -0.4 is 0 Å². The zero-order valence-corrected chi connectivity index (χ0v) is 38.3. The van der Waals surface area contributed by atoms with Crippen molar-refractivity contribution in [2.45, 2.75) is 234 Å². The summed E-state index contributed by atoms with van der Waals surface area (Å²) in [5, 5.41) is 19.0. The minimum absolute atomic E-state index is 0.0170. The zero-order chi connectivity index (χ0) is 42.0. The molecule has 5 aliphatic rings. The fourth-order valence-electron chi connectivity index (χ4n) is 7.85. The van der Waals surface area contributed by atoms with E-state index in [4.69, 9.17) is 28.8 Å². The van der Waals surface area contributed by atoms with Gasteiger partial charge < -0.3 is 33.9 Å². The van der Waals surface area contributed by atoms with Crippen molar-refractivity contribution in [1.82, 2.24) is 0 Å². The van der Waals surface area contributed by atoms with E-state index in [0.29, 0.717) is 49.4 Å². The lowest BCUT2D eigenvalue weighted by atomic mass is 9.86. The number of ether oxygens (including phenoxy) is 5. The van der Waals surface area contributed by atoms with Crippen molar-refractivity contribution < 1.29 is 38.7 Å². The molecular weight excluding hydrogens is 705 g/mol. The second kappa shape index (κ2) is 37.2. The van der Waals surface area contributed by atoms with E-state index in [9.17, 15) is 9.90 Å². The molecule has 8 unspecified atom stereocenters. The van der Waals surface area contributed by atoms with Crippen LogP contribution in [0.1, 0.15) is 197 Å². The summed E-state index contributed by atoms with van der Waals surface area (Å²) in [7, 11) is 0. The van der Waals surface area contributed by atoms with Crippen LogP contribution in [0.2, 0.25) is 0 Å². The van der Waals surface area contributed by atoms with Crippen molar-refractivity contribution in [2.24, 2.45) is 17.8 Å². The van der Waals surface area contributed by atoms with Gasteiger partial charge in [0, 0.05) is 45.9 Å². The van der Waals surface area contributed by atoms with Crippen LogP contribution in [0.3, 0.4) is 0 Å². The Labute approximate surface area is 347 Å². The Morgan fingerprint density at radius 2 is 1.43 bits per heavy atom. The molecule has 0 bridgehead atoms. The Kier molecular flexibility index (Phi) is 36.6. The number of ketones is 1. The molecule has 56 heavy (non-hydrogen) atoms. The molecule has 0 saturated carbocycles. The van der Waals surface area contributed by atoms with Gasteiger partial charge in [-0.3, -0.25) is 4.79 Å². The van der Waals surface area contributed by atoms with Crippen LogP contribution in [-0.4, -0.2) is 92.3 Å². The number of unbranched alkanes of at least 4 members (excludes halogenated alkanes) is 3. The van der Waals surface area contributed by atoms with Gasteiger partial charge in [0.1, 0.15) is 5.78 Å². The summed E-state index contributed by atoms with van der Waals surface area (Å²) < 4.78 is 28.1. The lowest BCUT2D eigenvalue weighted by Gasteiger charge is -2.37. The van der Waals surface area contributed by atoms with Gasteiger partial charge in [-0.05, 0) is 115 Å². The van der Waals surface area contributed by atoms with E-state index in [0.717, 1.165) is 71.6 Å². The first-order valence-electron chi connectivity index (χ1n) is 23.7. The molecule has 9 atom stereocenters. The summed E-state index contributed by atoms with van der Waals surface area (Å²) in [5.41, 5.74) is 1.24. The number of hydrogen-bond donors (Lipinski definition) is 2. The van der Waals surface area contributed by atoms with E-state index < -0.39 is 6.10 Å². The van der Waals surface area contributed by atoms with Crippen LogP contribution in [-0.2, 0) is 28.5 Å². The van der Waals surface area contributed by atoms with Gasteiger partial charge in [0.25, 0.3) is 0 Å². The summed E-state index contributed by atoms with van der Waals surface area (Å²) in [6, 6.07) is 0. The fourth-order valence-corrected chi connectivity index (χ4v) is 7.85. The second-order valence-electron chi connectivity index (χ2n) is 16.4. The van der Waals surface area contributed by atoms with Gasteiger partial charge in [0.2, 0.25) is 0 Å². The molecule has 0 aromatic heterocycles. The largest absolute Gasteiger partial charge is 0.396 e. The molecule has 0 aliphatic carbocycles. The van der Waals surface area contributed by atoms with Gasteiger partial charge in [-0.25, -0.2) is 0 Å². The van der Waals surface area contributed by atoms with Crippen molar-refractivity contribution in [1.29, 1.82) is 0 Å². The minimum atomic E-state index is -0.395. The number of hydrogen-bond acceptors (Lipinski definition) is 8. The summed E-state index contributed by atoms with van der Waals surface area (Å²) in [6.45, 7) is 27.2. The van der Waals surface area contributed by atoms with Gasteiger partial charge in [-0.2, -0.15) is 0 Å². The van der Waals surface area contributed by atoms with Gasteiger partial charge in [-0.15, -0.1) is 0 Å². The predicted molar refractivity (Wildman–Crippen MR) is 234 cm³/mol. The minimum Gasteiger partial charge on any atom is -0.396 e. The average Bonchev–Trinajstić information content (AvgIpc) is 3.91. The normalized spacial score (nSPS) is 28.2. The highest BCUT2D eigenvalue weighted by molar-refractivity contribution is 5.79. The average molecular weight is 799 g/mol. The Morgan fingerprint density at radius 3 is 1.89 bits per heavy atom. The van der Waals surface area contributed by atoms with Crippen molar-refractivity contribution in [3.8, 4) is 0 Å². The van der Waals surface area contributed by atoms with Crippen LogP contribution >= 0.6 is 0 Å². The van der Waals surface area contributed by atoms with Crippen LogP contribution in [0.5, 0.6) is 0 Å². The Morgan fingerprint density at radius 1 is 0.750 bits per heavy atom.